The molecule has 0 spiro atoms. The summed E-state index contributed by atoms with van der Waals surface area (Å²) in [5.74, 6) is -0.0255. The lowest BCUT2D eigenvalue weighted by atomic mass is 9.78. The van der Waals surface area contributed by atoms with Gasteiger partial charge in [-0.3, -0.25) is 9.36 Å². The van der Waals surface area contributed by atoms with Crippen molar-refractivity contribution in [3.05, 3.63) is 28.8 Å². The second kappa shape index (κ2) is 24.7. The van der Waals surface area contributed by atoms with Gasteiger partial charge in [-0.2, -0.15) is 0 Å². The third-order valence-electron chi connectivity index (χ3n) is 9.18. The number of nitrogens with one attached hydrogen (secondary N) is 1. The Balaban J connectivity index is 2.69. The molecule has 0 aromatic heterocycles. The number of hydrogen-bond acceptors (Lipinski definition) is 5. The van der Waals surface area contributed by atoms with Crippen LogP contribution in [0.15, 0.2) is 12.1 Å². The maximum Gasteiger partial charge on any atom is 0.340 e. The molecule has 0 fully saturated rings. The maximum atomic E-state index is 13.8. The van der Waals surface area contributed by atoms with Gasteiger partial charge in [-0.05, 0) is 52.5 Å². The number of hydrogen-bond donors (Lipinski definition) is 2. The van der Waals surface area contributed by atoms with Gasteiger partial charge in [0.05, 0.1) is 13.2 Å². The van der Waals surface area contributed by atoms with Crippen LogP contribution in [0.3, 0.4) is 0 Å². The lowest BCUT2D eigenvalue weighted by Gasteiger charge is -2.28. The molecule has 0 saturated carbocycles. The quantitative estimate of drug-likeness (QED) is 0.0674. The number of unbranched alkanes of at least 4 members (excludes halogenated alkanes) is 18. The molecule has 0 heterocycles. The number of amides is 1. The van der Waals surface area contributed by atoms with Crippen LogP contribution in [0.4, 0.5) is 0 Å². The van der Waals surface area contributed by atoms with Gasteiger partial charge in [0.25, 0.3) is 0 Å². The zero-order valence-corrected chi connectivity index (χ0v) is 33.5. The van der Waals surface area contributed by atoms with E-state index in [1.165, 1.54) is 89.9 Å². The first-order chi connectivity index (χ1) is 22.7. The lowest BCUT2D eigenvalue weighted by Crippen LogP contribution is -2.27. The van der Waals surface area contributed by atoms with Crippen LogP contribution >= 0.6 is 7.60 Å². The minimum Gasteiger partial charge on any atom is -0.507 e. The predicted molar refractivity (Wildman–Crippen MR) is 205 cm³/mol. The van der Waals surface area contributed by atoms with Crippen LogP contribution in [0.25, 0.3) is 0 Å². The van der Waals surface area contributed by atoms with Gasteiger partial charge in [0.1, 0.15) is 11.9 Å². The van der Waals surface area contributed by atoms with Crippen LogP contribution in [0.5, 0.6) is 5.75 Å². The standard InChI is InChI=1S/C41H76NO5P/c1-9-11-13-15-17-19-21-23-25-27-29-46-48(45,47-30-28-26-24-22-20-18-16-14-12-10-2)34-38(43)42-33-35-31-36(40(3,4)5)39(44)37(32-35)41(6,7)8/h31-32,44H,9-30,33-34H2,1-8H3,(H,42,43). The highest BCUT2D eigenvalue weighted by Crippen LogP contribution is 2.48. The van der Waals surface area contributed by atoms with Gasteiger partial charge in [-0.1, -0.05) is 171 Å². The maximum absolute atomic E-state index is 13.8. The van der Waals surface area contributed by atoms with Gasteiger partial charge in [-0.25, -0.2) is 0 Å². The molecule has 2 N–H and O–H groups in total. The van der Waals surface area contributed by atoms with E-state index in [2.05, 4.69) is 60.7 Å². The zero-order valence-electron chi connectivity index (χ0n) is 32.7. The Labute approximate surface area is 296 Å². The molecular formula is C41H76NO5P. The molecular weight excluding hydrogens is 617 g/mol. The van der Waals surface area contributed by atoms with Gasteiger partial charge >= 0.3 is 7.60 Å². The Hall–Kier alpha value is -1.36. The number of carbonyl (C=O) groups excluding carboxylic acids is 1. The van der Waals surface area contributed by atoms with Crippen LogP contribution in [-0.2, 0) is 35.8 Å². The highest BCUT2D eigenvalue weighted by molar-refractivity contribution is 7.54. The van der Waals surface area contributed by atoms with E-state index >= 15 is 0 Å². The van der Waals surface area contributed by atoms with E-state index in [9.17, 15) is 14.5 Å². The average Bonchev–Trinajstić information content (AvgIpc) is 3.01. The summed E-state index contributed by atoms with van der Waals surface area (Å²) in [4.78, 5) is 13.2. The molecule has 0 saturated heterocycles. The van der Waals surface area contributed by atoms with Crippen LogP contribution in [0.1, 0.15) is 200 Å². The molecule has 0 radical (unpaired) electrons. The van der Waals surface area contributed by atoms with E-state index in [0.29, 0.717) is 19.0 Å². The van der Waals surface area contributed by atoms with E-state index in [1.54, 1.807) is 0 Å². The van der Waals surface area contributed by atoms with Gasteiger partial charge < -0.3 is 19.5 Å². The normalized spacial score (nSPS) is 12.5. The molecule has 6 nitrogen and oxygen atoms in total. The third-order valence-corrected chi connectivity index (χ3v) is 11.0. The first-order valence-electron chi connectivity index (χ1n) is 19.7. The van der Waals surface area contributed by atoms with E-state index in [0.717, 1.165) is 55.2 Å². The summed E-state index contributed by atoms with van der Waals surface area (Å²) >= 11 is 0. The van der Waals surface area contributed by atoms with Crippen molar-refractivity contribution in [2.75, 3.05) is 19.4 Å². The molecule has 0 atom stereocenters. The van der Waals surface area contributed by atoms with Crippen molar-refractivity contribution >= 4 is 13.5 Å². The van der Waals surface area contributed by atoms with Crippen molar-refractivity contribution in [2.24, 2.45) is 0 Å². The minimum atomic E-state index is -3.58. The average molecular weight is 694 g/mol. The lowest BCUT2D eigenvalue weighted by molar-refractivity contribution is -0.119. The number of rotatable bonds is 28. The molecule has 48 heavy (non-hydrogen) atoms. The summed E-state index contributed by atoms with van der Waals surface area (Å²) in [6.07, 6.45) is 24.0. The molecule has 1 amide bonds. The molecule has 0 bridgehead atoms. The topological polar surface area (TPSA) is 84.9 Å². The van der Waals surface area contributed by atoms with Gasteiger partial charge in [0.15, 0.2) is 0 Å². The summed E-state index contributed by atoms with van der Waals surface area (Å²) in [7, 11) is -3.58. The van der Waals surface area contributed by atoms with E-state index in [1.807, 2.05) is 12.1 Å². The first kappa shape index (κ1) is 44.7. The second-order valence-corrected chi connectivity index (χ2v) is 18.2. The van der Waals surface area contributed by atoms with Crippen LogP contribution < -0.4 is 5.32 Å². The molecule has 1 aromatic carbocycles. The van der Waals surface area contributed by atoms with E-state index in [4.69, 9.17) is 9.05 Å². The fourth-order valence-corrected chi connectivity index (χ4v) is 7.62. The predicted octanol–water partition coefficient (Wildman–Crippen LogP) is 12.7. The van der Waals surface area contributed by atoms with Crippen molar-refractivity contribution in [1.82, 2.24) is 5.32 Å². The first-order valence-corrected chi connectivity index (χ1v) is 21.5. The van der Waals surface area contributed by atoms with Crippen LogP contribution in [-0.4, -0.2) is 30.4 Å². The zero-order chi connectivity index (χ0) is 35.9. The fraction of sp³-hybridized carbons (Fsp3) is 0.829. The summed E-state index contributed by atoms with van der Waals surface area (Å²) in [5.41, 5.74) is 2.09. The summed E-state index contributed by atoms with van der Waals surface area (Å²) in [5, 5.41) is 14.0. The molecule has 7 heteroatoms. The summed E-state index contributed by atoms with van der Waals surface area (Å²) in [6.45, 7) is 17.9. The van der Waals surface area contributed by atoms with Gasteiger partial charge in [0.2, 0.25) is 5.91 Å². The third kappa shape index (κ3) is 20.3. The second-order valence-electron chi connectivity index (χ2n) is 16.1. The summed E-state index contributed by atoms with van der Waals surface area (Å²) in [6, 6.07) is 3.93. The Morgan fingerprint density at radius 1 is 0.625 bits per heavy atom. The van der Waals surface area contributed by atoms with Crippen molar-refractivity contribution in [2.45, 2.75) is 201 Å². The van der Waals surface area contributed by atoms with Gasteiger partial charge in [0, 0.05) is 6.54 Å². The molecule has 280 valence electrons. The highest BCUT2D eigenvalue weighted by atomic mass is 31.2. The number of phenols is 1. The molecule has 1 rings (SSSR count). The number of phenolic OH excluding ortho intramolecular Hbond substituents is 1. The van der Waals surface area contributed by atoms with Crippen LogP contribution in [0, 0.1) is 0 Å². The Kier molecular flexibility index (Phi) is 23.0. The van der Waals surface area contributed by atoms with Crippen LogP contribution in [0.2, 0.25) is 0 Å². The highest BCUT2D eigenvalue weighted by Gasteiger charge is 2.29. The van der Waals surface area contributed by atoms with Gasteiger partial charge in [-0.15, -0.1) is 0 Å². The van der Waals surface area contributed by atoms with E-state index in [-0.39, 0.29) is 29.4 Å². The van der Waals surface area contributed by atoms with Crippen molar-refractivity contribution in [1.29, 1.82) is 0 Å². The molecule has 0 aliphatic rings. The molecule has 0 aliphatic heterocycles. The largest absolute Gasteiger partial charge is 0.507 e. The van der Waals surface area contributed by atoms with Crippen molar-refractivity contribution in [3.63, 3.8) is 0 Å². The van der Waals surface area contributed by atoms with Crippen molar-refractivity contribution < 1.29 is 23.5 Å². The minimum absolute atomic E-state index is 0.259. The molecule has 0 aliphatic carbocycles. The summed E-state index contributed by atoms with van der Waals surface area (Å²) < 4.78 is 25.6. The monoisotopic (exact) mass is 694 g/mol. The Morgan fingerprint density at radius 3 is 1.29 bits per heavy atom. The smallest absolute Gasteiger partial charge is 0.340 e. The molecule has 0 unspecified atom stereocenters. The Bertz CT molecular complexity index is 977. The number of benzene rings is 1. The number of carbonyl (C=O) groups is 1. The van der Waals surface area contributed by atoms with E-state index < -0.39 is 7.60 Å². The SMILES string of the molecule is CCCCCCCCCCCCOP(=O)(CC(=O)NCc1cc(C(C)(C)C)c(O)c(C(C)(C)C)c1)OCCCCCCCCCCCC. The Morgan fingerprint density at radius 2 is 0.958 bits per heavy atom. The fourth-order valence-electron chi connectivity index (χ4n) is 6.09. The number of aromatic hydroxyl groups is 1. The van der Waals surface area contributed by atoms with Crippen molar-refractivity contribution in [3.8, 4) is 5.75 Å². The molecule has 1 aromatic rings.